The average Bonchev–Trinajstić information content (AvgIpc) is 2.24. The monoisotopic (exact) mass is 272 g/mol. The fraction of sp³-hybridized carbons (Fsp3) is 0.500. The summed E-state index contributed by atoms with van der Waals surface area (Å²) in [6.07, 6.45) is 0.212. The Balaban J connectivity index is 3.26. The van der Waals surface area contributed by atoms with Gasteiger partial charge in [-0.05, 0) is 32.4 Å². The molecule has 0 aromatic heterocycles. The number of hydrogen-bond acceptors (Lipinski definition) is 4. The molecule has 0 aliphatic carbocycles. The van der Waals surface area contributed by atoms with E-state index < -0.39 is 9.84 Å². The van der Waals surface area contributed by atoms with Crippen LogP contribution in [0, 0.1) is 18.8 Å². The average molecular weight is 272 g/mol. The number of aliphatic hydroxyl groups excluding tert-OH is 1. The van der Waals surface area contributed by atoms with Crippen LogP contribution < -0.4 is 0 Å². The van der Waals surface area contributed by atoms with Crippen molar-refractivity contribution in [2.24, 2.45) is 0 Å². The second-order valence-corrected chi connectivity index (χ2v) is 6.41. The van der Waals surface area contributed by atoms with Gasteiger partial charge in [0.2, 0.25) is 0 Å². The Morgan fingerprint density at radius 1 is 1.22 bits per heavy atom. The van der Waals surface area contributed by atoms with Gasteiger partial charge in [-0.2, -0.15) is 0 Å². The topological polar surface area (TPSA) is 74.5 Å². The van der Waals surface area contributed by atoms with Crippen LogP contribution in [0.4, 0.5) is 5.69 Å². The number of nitroso groups, excluding NO2 is 1. The van der Waals surface area contributed by atoms with Gasteiger partial charge in [0.1, 0.15) is 0 Å². The Kier molecular flexibility index (Phi) is 4.59. The van der Waals surface area contributed by atoms with Crippen LogP contribution >= 0.6 is 0 Å². The molecular weight excluding hydrogens is 254 g/mol. The first-order chi connectivity index (χ1) is 8.29. The molecule has 0 amide bonds. The highest BCUT2D eigenvalue weighted by molar-refractivity contribution is 7.91. The van der Waals surface area contributed by atoms with Gasteiger partial charge < -0.3 is 5.11 Å². The predicted molar refractivity (Wildman–Crippen MR) is 68.9 cm³/mol. The molecular formula is C12H18NO4S+. The van der Waals surface area contributed by atoms with E-state index in [-0.39, 0.29) is 23.7 Å². The molecule has 0 fully saturated rings. The Morgan fingerprint density at radius 3 is 2.11 bits per heavy atom. The SMILES string of the molecule is Cc1cc(S(=O)(=O)CCCO)cc(C)c1[N+](C)=O. The Hall–Kier alpha value is -1.27. The van der Waals surface area contributed by atoms with Gasteiger partial charge in [0.25, 0.3) is 5.69 Å². The molecule has 0 unspecified atom stereocenters. The molecule has 1 rings (SSSR count). The lowest BCUT2D eigenvalue weighted by Gasteiger charge is -2.07. The number of hydrogen-bond donors (Lipinski definition) is 1. The fourth-order valence-corrected chi connectivity index (χ4v) is 3.42. The third-order valence-corrected chi connectivity index (χ3v) is 4.49. The first-order valence-corrected chi connectivity index (χ1v) is 7.30. The molecule has 5 nitrogen and oxygen atoms in total. The normalized spacial score (nSPS) is 11.6. The third-order valence-electron chi connectivity index (χ3n) is 2.71. The summed E-state index contributed by atoms with van der Waals surface area (Å²) in [6, 6.07) is 3.01. The minimum Gasteiger partial charge on any atom is -0.396 e. The molecule has 6 heteroatoms. The molecule has 100 valence electrons. The summed E-state index contributed by atoms with van der Waals surface area (Å²) < 4.78 is 24.7. The molecule has 0 aliphatic heterocycles. The maximum atomic E-state index is 12.0. The minimum absolute atomic E-state index is 0.0884. The van der Waals surface area contributed by atoms with E-state index in [0.29, 0.717) is 16.8 Å². The van der Waals surface area contributed by atoms with Crippen LogP contribution in [0.5, 0.6) is 0 Å². The number of sulfone groups is 1. The predicted octanol–water partition coefficient (Wildman–Crippen LogP) is 1.50. The molecule has 1 aromatic carbocycles. The number of nitrogens with zero attached hydrogens (tertiary/aromatic N) is 1. The number of rotatable bonds is 5. The number of aryl methyl sites for hydroxylation is 2. The highest BCUT2D eigenvalue weighted by Gasteiger charge is 2.21. The number of benzene rings is 1. The maximum Gasteiger partial charge on any atom is 0.261 e. The van der Waals surface area contributed by atoms with Gasteiger partial charge in [0, 0.05) is 27.4 Å². The standard InChI is InChI=1S/C12H18NO4S/c1-9-7-11(18(16,17)6-4-5-14)8-10(2)12(9)13(3)15/h7-8,14H,4-6H2,1-3H3/q+1. The molecule has 0 aliphatic rings. The quantitative estimate of drug-likeness (QED) is 0.824. The Labute approximate surface area is 107 Å². The van der Waals surface area contributed by atoms with E-state index in [4.69, 9.17) is 5.11 Å². The zero-order valence-corrected chi connectivity index (χ0v) is 11.6. The van der Waals surface area contributed by atoms with Gasteiger partial charge in [-0.1, -0.05) is 0 Å². The minimum atomic E-state index is -3.39. The lowest BCUT2D eigenvalue weighted by atomic mass is 10.1. The maximum absolute atomic E-state index is 12.0. The molecule has 1 N–H and O–H groups in total. The van der Waals surface area contributed by atoms with Crippen molar-refractivity contribution in [2.45, 2.75) is 25.2 Å². The Morgan fingerprint density at radius 2 is 1.72 bits per heavy atom. The van der Waals surface area contributed by atoms with E-state index in [1.54, 1.807) is 13.8 Å². The summed E-state index contributed by atoms with van der Waals surface area (Å²) in [7, 11) is -2.01. The van der Waals surface area contributed by atoms with Crippen LogP contribution in [0.25, 0.3) is 0 Å². The lowest BCUT2D eigenvalue weighted by molar-refractivity contribution is -0.429. The van der Waals surface area contributed by atoms with E-state index in [2.05, 4.69) is 0 Å². The summed E-state index contributed by atoms with van der Waals surface area (Å²) in [5.74, 6) is -0.0884. The van der Waals surface area contributed by atoms with Crippen LogP contribution in [0.2, 0.25) is 0 Å². The van der Waals surface area contributed by atoms with Crippen molar-refractivity contribution >= 4 is 15.5 Å². The third kappa shape index (κ3) is 3.14. The van der Waals surface area contributed by atoms with Gasteiger partial charge in [-0.15, -0.1) is 0 Å². The van der Waals surface area contributed by atoms with E-state index >= 15 is 0 Å². The van der Waals surface area contributed by atoms with Gasteiger partial charge in [0.05, 0.1) is 10.6 Å². The molecule has 1 aromatic rings. The smallest absolute Gasteiger partial charge is 0.261 e. The molecule has 0 heterocycles. The molecule has 0 spiro atoms. The molecule has 0 radical (unpaired) electrons. The first-order valence-electron chi connectivity index (χ1n) is 5.65. The zero-order valence-electron chi connectivity index (χ0n) is 10.8. The van der Waals surface area contributed by atoms with Crippen molar-refractivity contribution in [3.8, 4) is 0 Å². The van der Waals surface area contributed by atoms with Crippen molar-refractivity contribution < 1.29 is 18.3 Å². The zero-order chi connectivity index (χ0) is 13.9. The van der Waals surface area contributed by atoms with E-state index in [9.17, 15) is 13.3 Å². The van der Waals surface area contributed by atoms with Crippen molar-refractivity contribution in [2.75, 3.05) is 19.4 Å². The second-order valence-electron chi connectivity index (χ2n) is 4.30. The van der Waals surface area contributed by atoms with Crippen LogP contribution in [-0.4, -0.2) is 37.7 Å². The first kappa shape index (κ1) is 14.8. The highest BCUT2D eigenvalue weighted by atomic mass is 32.2. The van der Waals surface area contributed by atoms with Gasteiger partial charge in [0.15, 0.2) is 16.9 Å². The second kappa shape index (κ2) is 5.58. The van der Waals surface area contributed by atoms with Crippen LogP contribution in [0.15, 0.2) is 17.0 Å². The largest absolute Gasteiger partial charge is 0.396 e. The lowest BCUT2D eigenvalue weighted by Crippen LogP contribution is -2.09. The molecule has 18 heavy (non-hydrogen) atoms. The summed E-state index contributed by atoms with van der Waals surface area (Å²) in [4.78, 5) is 11.6. The molecule has 0 saturated heterocycles. The van der Waals surface area contributed by atoms with E-state index in [1.807, 2.05) is 0 Å². The number of aliphatic hydroxyl groups is 1. The summed E-state index contributed by atoms with van der Waals surface area (Å²) in [5.41, 5.74) is 1.77. The van der Waals surface area contributed by atoms with Crippen LogP contribution in [0.3, 0.4) is 0 Å². The summed E-state index contributed by atoms with van der Waals surface area (Å²) in [6.45, 7) is 3.27. The van der Waals surface area contributed by atoms with Crippen molar-refractivity contribution in [3.63, 3.8) is 0 Å². The summed E-state index contributed by atoms with van der Waals surface area (Å²) in [5, 5.41) is 8.69. The van der Waals surface area contributed by atoms with Crippen molar-refractivity contribution in [3.05, 3.63) is 28.2 Å². The van der Waals surface area contributed by atoms with Gasteiger partial charge in [-0.25, -0.2) is 8.42 Å². The van der Waals surface area contributed by atoms with Crippen LogP contribution in [0.1, 0.15) is 17.5 Å². The van der Waals surface area contributed by atoms with Crippen LogP contribution in [-0.2, 0) is 9.84 Å². The van der Waals surface area contributed by atoms with Crippen molar-refractivity contribution in [1.29, 1.82) is 0 Å². The van der Waals surface area contributed by atoms with Gasteiger partial charge in [-0.3, -0.25) is 0 Å². The molecule has 0 atom stereocenters. The molecule has 0 saturated carbocycles. The van der Waals surface area contributed by atoms with Crippen molar-refractivity contribution in [1.82, 2.24) is 0 Å². The van der Waals surface area contributed by atoms with E-state index in [0.717, 1.165) is 4.76 Å². The Bertz CT molecular complexity index is 540. The highest BCUT2D eigenvalue weighted by Crippen LogP contribution is 2.26. The molecule has 0 bridgehead atoms. The summed E-state index contributed by atoms with van der Waals surface area (Å²) >= 11 is 0. The fourth-order valence-electron chi connectivity index (χ4n) is 1.96. The van der Waals surface area contributed by atoms with E-state index in [1.165, 1.54) is 19.2 Å². The van der Waals surface area contributed by atoms with Gasteiger partial charge >= 0.3 is 0 Å².